The van der Waals surface area contributed by atoms with Gasteiger partial charge in [-0.05, 0) is 6.07 Å². The van der Waals surface area contributed by atoms with Gasteiger partial charge in [-0.3, -0.25) is 4.79 Å². The van der Waals surface area contributed by atoms with Crippen LogP contribution in [-0.2, 0) is 15.8 Å². The van der Waals surface area contributed by atoms with E-state index in [1.807, 2.05) is 0 Å². The highest BCUT2D eigenvalue weighted by atomic mass is 35.5. The average molecular weight is 375 g/mol. The van der Waals surface area contributed by atoms with Gasteiger partial charge in [0.25, 0.3) is 5.91 Å². The fourth-order valence-electron chi connectivity index (χ4n) is 2.16. The van der Waals surface area contributed by atoms with E-state index < -0.39 is 11.7 Å². The molecule has 0 aromatic carbocycles. The minimum absolute atomic E-state index is 0. The Bertz CT molecular complexity index is 552. The van der Waals surface area contributed by atoms with Gasteiger partial charge in [-0.25, -0.2) is 10.9 Å². The van der Waals surface area contributed by atoms with E-state index in [2.05, 4.69) is 15.7 Å². The molecule has 11 heteroatoms. The van der Waals surface area contributed by atoms with Crippen LogP contribution < -0.4 is 23.2 Å². The number of pyridine rings is 1. The second kappa shape index (κ2) is 8.00. The van der Waals surface area contributed by atoms with Gasteiger partial charge >= 0.3 is 6.18 Å². The Morgan fingerprint density at radius 1 is 1.35 bits per heavy atom. The van der Waals surface area contributed by atoms with Crippen molar-refractivity contribution in [2.75, 3.05) is 37.7 Å². The Balaban J connectivity index is 0.00000264. The highest BCUT2D eigenvalue weighted by molar-refractivity contribution is 6.33. The molecule has 6 nitrogen and oxygen atoms in total. The maximum Gasteiger partial charge on any atom is 0.417 e. The second-order valence-corrected chi connectivity index (χ2v) is 5.15. The van der Waals surface area contributed by atoms with Crippen molar-refractivity contribution in [3.8, 4) is 0 Å². The lowest BCUT2D eigenvalue weighted by Gasteiger charge is -2.35. The van der Waals surface area contributed by atoms with Gasteiger partial charge in [0, 0.05) is 32.4 Å². The van der Waals surface area contributed by atoms with Gasteiger partial charge in [-0.2, -0.15) is 18.0 Å². The predicted octanol–water partition coefficient (Wildman–Crippen LogP) is -2.42. The van der Waals surface area contributed by atoms with Crippen molar-refractivity contribution in [3.05, 3.63) is 22.8 Å². The fourth-order valence-corrected chi connectivity index (χ4v) is 2.45. The number of piperazine rings is 1. The second-order valence-electron chi connectivity index (χ2n) is 4.74. The van der Waals surface area contributed by atoms with Crippen LogP contribution >= 0.6 is 11.6 Å². The number of hydrogen-bond donors (Lipinski definition) is 1. The number of carbonyl (C=O) groups excluding carboxylic acids is 1. The molecule has 1 aromatic heterocycles. The lowest BCUT2D eigenvalue weighted by atomic mass is 10.2. The number of halogens is 5. The van der Waals surface area contributed by atoms with E-state index in [-0.39, 0.29) is 35.8 Å². The number of quaternary nitrogens is 1. The van der Waals surface area contributed by atoms with Crippen LogP contribution in [0.15, 0.2) is 12.3 Å². The zero-order valence-electron chi connectivity index (χ0n) is 11.9. The summed E-state index contributed by atoms with van der Waals surface area (Å²) in [5.74, 6) is 3.25. The number of anilines is 1. The lowest BCUT2D eigenvalue weighted by molar-refractivity contribution is -0.685. The summed E-state index contributed by atoms with van der Waals surface area (Å²) in [6.45, 7) is 1.60. The molecule has 0 saturated carbocycles. The van der Waals surface area contributed by atoms with Crippen molar-refractivity contribution < 1.29 is 41.1 Å². The quantitative estimate of drug-likeness (QED) is 0.597. The number of hydrogen-bond acceptors (Lipinski definition) is 4. The first-order valence-electron chi connectivity index (χ1n) is 6.45. The predicted molar refractivity (Wildman–Crippen MR) is 71.9 cm³/mol. The average Bonchev–Trinajstić information content (AvgIpc) is 2.46. The molecular weight excluding hydrogens is 360 g/mol. The smallest absolute Gasteiger partial charge is 0.417 e. The molecule has 2 rings (SSSR count). The van der Waals surface area contributed by atoms with Gasteiger partial charge in [0.05, 0.1) is 10.6 Å². The third-order valence-corrected chi connectivity index (χ3v) is 3.58. The van der Waals surface area contributed by atoms with Crippen LogP contribution in [0, 0.1) is 0 Å². The Morgan fingerprint density at radius 3 is 2.43 bits per heavy atom. The van der Waals surface area contributed by atoms with Crippen LogP contribution in [-0.4, -0.2) is 48.6 Å². The molecule has 0 radical (unpaired) electrons. The first-order valence-corrected chi connectivity index (χ1v) is 6.83. The van der Waals surface area contributed by atoms with E-state index in [0.29, 0.717) is 26.2 Å². The normalized spacial score (nSPS) is 15.3. The summed E-state index contributed by atoms with van der Waals surface area (Å²) >= 11 is 5.90. The molecule has 1 fully saturated rings. The van der Waals surface area contributed by atoms with E-state index in [1.165, 1.54) is 0 Å². The molecule has 2 heterocycles. The van der Waals surface area contributed by atoms with Crippen LogP contribution in [0.4, 0.5) is 19.0 Å². The van der Waals surface area contributed by atoms with Crippen molar-refractivity contribution >= 4 is 23.3 Å². The topological polar surface area (TPSA) is 73.3 Å². The molecule has 0 bridgehead atoms. The first-order chi connectivity index (χ1) is 10.3. The van der Waals surface area contributed by atoms with Gasteiger partial charge in [0.15, 0.2) is 6.61 Å². The maximum atomic E-state index is 12.6. The third kappa shape index (κ3) is 4.84. The largest absolute Gasteiger partial charge is 1.00 e. The number of amides is 1. The molecule has 0 atom stereocenters. The zero-order chi connectivity index (χ0) is 16.3. The summed E-state index contributed by atoms with van der Waals surface area (Å²) < 4.78 is 37.7. The molecule has 1 aliphatic heterocycles. The molecular formula is C12H15Cl2F3N4O2. The molecule has 23 heavy (non-hydrogen) atoms. The summed E-state index contributed by atoms with van der Waals surface area (Å²) in [6.07, 6.45) is -3.72. The van der Waals surface area contributed by atoms with Gasteiger partial charge in [0.1, 0.15) is 5.82 Å². The SMILES string of the molecule is [Cl-].[NH3+]OCC(=O)N1CCN(c2ncc(C(F)(F)F)cc2Cl)CC1. The lowest BCUT2D eigenvalue weighted by Crippen LogP contribution is -3.00. The summed E-state index contributed by atoms with van der Waals surface area (Å²) in [5, 5.41) is -0.0595. The van der Waals surface area contributed by atoms with E-state index in [0.717, 1.165) is 12.3 Å². The van der Waals surface area contributed by atoms with Crippen LogP contribution in [0.1, 0.15) is 5.56 Å². The maximum absolute atomic E-state index is 12.6. The Morgan fingerprint density at radius 2 is 1.96 bits per heavy atom. The van der Waals surface area contributed by atoms with E-state index in [9.17, 15) is 18.0 Å². The highest BCUT2D eigenvalue weighted by Gasteiger charge is 2.32. The van der Waals surface area contributed by atoms with Crippen LogP contribution in [0.25, 0.3) is 0 Å². The highest BCUT2D eigenvalue weighted by Crippen LogP contribution is 2.33. The van der Waals surface area contributed by atoms with Gasteiger partial charge in [-0.1, -0.05) is 11.6 Å². The number of alkyl halides is 3. The Labute approximate surface area is 141 Å². The molecule has 130 valence electrons. The summed E-state index contributed by atoms with van der Waals surface area (Å²) in [7, 11) is 0. The van der Waals surface area contributed by atoms with Gasteiger partial charge < -0.3 is 22.2 Å². The summed E-state index contributed by atoms with van der Waals surface area (Å²) in [5.41, 5.74) is -0.886. The Hall–Kier alpha value is -1.29. The molecule has 0 unspecified atom stereocenters. The first kappa shape index (κ1) is 19.8. The summed E-state index contributed by atoms with van der Waals surface area (Å²) in [6, 6.07) is 0.859. The molecule has 0 aliphatic carbocycles. The van der Waals surface area contributed by atoms with Gasteiger partial charge in [0.2, 0.25) is 0 Å². The van der Waals surface area contributed by atoms with Crippen molar-refractivity contribution in [1.82, 2.24) is 9.88 Å². The molecule has 1 amide bonds. The Kier molecular flexibility index (Phi) is 6.87. The number of carbonyl (C=O) groups is 1. The van der Waals surface area contributed by atoms with Gasteiger partial charge in [-0.15, -0.1) is 0 Å². The minimum atomic E-state index is -4.48. The standard InChI is InChI=1S/C12H15ClF3N4O2.ClH/c13-9-5-8(12(14,15)16)6-18-11(9)20-3-1-19(2-4-20)10(21)7-22-17;/h5-6H,1-4,7H2,17H3;1H/q+1;/p-1. The van der Waals surface area contributed by atoms with Crippen molar-refractivity contribution in [2.24, 2.45) is 0 Å². The monoisotopic (exact) mass is 374 g/mol. The van der Waals surface area contributed by atoms with Crippen LogP contribution in [0.5, 0.6) is 0 Å². The van der Waals surface area contributed by atoms with E-state index >= 15 is 0 Å². The van der Waals surface area contributed by atoms with Crippen LogP contribution in [0.2, 0.25) is 5.02 Å². The molecule has 1 aromatic rings. The minimum Gasteiger partial charge on any atom is -1.00 e. The molecule has 1 aliphatic rings. The van der Waals surface area contributed by atoms with Crippen molar-refractivity contribution in [2.45, 2.75) is 6.18 Å². The zero-order valence-corrected chi connectivity index (χ0v) is 13.5. The molecule has 1 saturated heterocycles. The number of aromatic nitrogens is 1. The van der Waals surface area contributed by atoms with Crippen LogP contribution in [0.3, 0.4) is 0 Å². The summed E-state index contributed by atoms with van der Waals surface area (Å²) in [4.78, 5) is 23.3. The fraction of sp³-hybridized carbons (Fsp3) is 0.500. The number of rotatable bonds is 3. The van der Waals surface area contributed by atoms with Crippen molar-refractivity contribution in [3.63, 3.8) is 0 Å². The van der Waals surface area contributed by atoms with Crippen molar-refractivity contribution in [1.29, 1.82) is 0 Å². The molecule has 0 spiro atoms. The number of nitrogens with zero attached hydrogens (tertiary/aromatic N) is 3. The van der Waals surface area contributed by atoms with E-state index in [1.54, 1.807) is 9.80 Å². The van der Waals surface area contributed by atoms with E-state index in [4.69, 9.17) is 11.6 Å². The molecule has 3 N–H and O–H groups in total. The third-order valence-electron chi connectivity index (χ3n) is 3.31.